The van der Waals surface area contributed by atoms with E-state index in [0.717, 1.165) is 55.5 Å². The van der Waals surface area contributed by atoms with E-state index in [2.05, 4.69) is 4.90 Å². The van der Waals surface area contributed by atoms with Crippen molar-refractivity contribution in [2.45, 2.75) is 76.3 Å². The predicted octanol–water partition coefficient (Wildman–Crippen LogP) is 2.87. The number of aryl methyl sites for hydroxylation is 3. The van der Waals surface area contributed by atoms with Crippen LogP contribution in [0.1, 0.15) is 55.2 Å². The van der Waals surface area contributed by atoms with E-state index in [1.165, 1.54) is 25.9 Å². The van der Waals surface area contributed by atoms with Crippen LogP contribution in [-0.4, -0.2) is 86.5 Å². The van der Waals surface area contributed by atoms with E-state index in [1.54, 1.807) is 4.31 Å². The molecule has 7 nitrogen and oxygen atoms in total. The Hall–Kier alpha value is -1.48. The molecule has 33 heavy (non-hydrogen) atoms. The molecule has 0 radical (unpaired) electrons. The number of carbonyl (C=O) groups excluding carboxylic acids is 1. The highest BCUT2D eigenvalue weighted by Gasteiger charge is 2.37. The van der Waals surface area contributed by atoms with Gasteiger partial charge >= 0.3 is 0 Å². The molecule has 3 aliphatic rings. The molecule has 0 N–H and O–H groups in total. The summed E-state index contributed by atoms with van der Waals surface area (Å²) in [7, 11) is -3.60. The molecule has 0 saturated carbocycles. The lowest BCUT2D eigenvalue weighted by Gasteiger charge is -2.36. The Kier molecular flexibility index (Phi) is 7.78. The summed E-state index contributed by atoms with van der Waals surface area (Å²) in [6.45, 7) is 10.5. The van der Waals surface area contributed by atoms with Gasteiger partial charge in [-0.3, -0.25) is 4.79 Å². The minimum Gasteiger partial charge on any atom is -0.370 e. The van der Waals surface area contributed by atoms with Crippen molar-refractivity contribution in [1.82, 2.24) is 14.1 Å². The third kappa shape index (κ3) is 5.45. The van der Waals surface area contributed by atoms with E-state index in [4.69, 9.17) is 4.74 Å². The highest BCUT2D eigenvalue weighted by molar-refractivity contribution is 7.89. The molecule has 3 saturated heterocycles. The fourth-order valence-electron chi connectivity index (χ4n) is 5.94. The normalized spacial score (nSPS) is 23.5. The Balaban J connectivity index is 1.29. The molecule has 8 heteroatoms. The number of carbonyl (C=O) groups is 1. The molecular formula is C25H39N3O4S. The molecule has 1 atom stereocenters. The molecule has 1 aromatic carbocycles. The van der Waals surface area contributed by atoms with Crippen LogP contribution in [0.2, 0.25) is 0 Å². The van der Waals surface area contributed by atoms with Gasteiger partial charge in [-0.2, -0.15) is 4.31 Å². The molecular weight excluding hydrogens is 438 g/mol. The van der Waals surface area contributed by atoms with Crippen molar-refractivity contribution in [3.05, 3.63) is 28.8 Å². The highest BCUT2D eigenvalue weighted by Crippen LogP contribution is 2.31. The topological polar surface area (TPSA) is 70.2 Å². The van der Waals surface area contributed by atoms with Gasteiger partial charge in [0.25, 0.3) is 0 Å². The number of sulfonamides is 1. The van der Waals surface area contributed by atoms with Crippen molar-refractivity contribution in [3.63, 3.8) is 0 Å². The van der Waals surface area contributed by atoms with Crippen molar-refractivity contribution in [2.24, 2.45) is 0 Å². The van der Waals surface area contributed by atoms with Crippen molar-refractivity contribution in [3.8, 4) is 0 Å². The maximum atomic E-state index is 13.5. The van der Waals surface area contributed by atoms with E-state index in [-0.39, 0.29) is 25.2 Å². The molecule has 3 aliphatic heterocycles. The molecule has 0 aliphatic carbocycles. The van der Waals surface area contributed by atoms with Crippen LogP contribution in [0.4, 0.5) is 0 Å². The first-order valence-corrected chi connectivity index (χ1v) is 13.9. The number of benzene rings is 1. The van der Waals surface area contributed by atoms with E-state index in [0.29, 0.717) is 17.5 Å². The van der Waals surface area contributed by atoms with Gasteiger partial charge in [0.05, 0.1) is 11.5 Å². The number of hydrogen-bond acceptors (Lipinski definition) is 5. The van der Waals surface area contributed by atoms with Gasteiger partial charge in [-0.1, -0.05) is 17.7 Å². The summed E-state index contributed by atoms with van der Waals surface area (Å²) in [5.74, 6) is 0.0208. The first-order valence-electron chi connectivity index (χ1n) is 12.5. The zero-order valence-corrected chi connectivity index (χ0v) is 21.2. The zero-order valence-electron chi connectivity index (χ0n) is 20.4. The van der Waals surface area contributed by atoms with Gasteiger partial charge in [0, 0.05) is 31.7 Å². The molecule has 0 spiro atoms. The summed E-state index contributed by atoms with van der Waals surface area (Å²) in [6, 6.07) is 4.24. The Morgan fingerprint density at radius 3 is 2.21 bits per heavy atom. The molecule has 4 rings (SSSR count). The monoisotopic (exact) mass is 477 g/mol. The Morgan fingerprint density at radius 1 is 0.939 bits per heavy atom. The quantitative estimate of drug-likeness (QED) is 0.604. The Labute approximate surface area is 199 Å². The number of nitrogens with zero attached hydrogens (tertiary/aromatic N) is 3. The lowest BCUT2D eigenvalue weighted by Crippen LogP contribution is -2.47. The summed E-state index contributed by atoms with van der Waals surface area (Å²) in [6.07, 6.45) is 6.24. The van der Waals surface area contributed by atoms with Gasteiger partial charge in [-0.05, 0) is 83.5 Å². The Bertz CT molecular complexity index is 927. The van der Waals surface area contributed by atoms with Crippen LogP contribution in [0, 0.1) is 20.8 Å². The van der Waals surface area contributed by atoms with Gasteiger partial charge in [0.2, 0.25) is 15.9 Å². The average molecular weight is 478 g/mol. The standard InChI is InChI=1S/C25H39N3O4S/c1-19-15-20(2)25(21(3)16-19)33(30,31)28-12-6-7-23(28)17-32-18-24(29)27-13-8-22(9-14-27)26-10-4-5-11-26/h15-16,22-23H,4-14,17-18H2,1-3H3/t23-/m0/s1. The Morgan fingerprint density at radius 2 is 1.58 bits per heavy atom. The predicted molar refractivity (Wildman–Crippen MR) is 129 cm³/mol. The van der Waals surface area contributed by atoms with Crippen LogP contribution < -0.4 is 0 Å². The van der Waals surface area contributed by atoms with Gasteiger partial charge in [0.1, 0.15) is 6.61 Å². The lowest BCUT2D eigenvalue weighted by molar-refractivity contribution is -0.138. The molecule has 3 fully saturated rings. The summed E-state index contributed by atoms with van der Waals surface area (Å²) in [4.78, 5) is 17.6. The molecule has 0 aromatic heterocycles. The maximum Gasteiger partial charge on any atom is 0.248 e. The van der Waals surface area contributed by atoms with E-state index in [1.807, 2.05) is 37.8 Å². The summed E-state index contributed by atoms with van der Waals surface area (Å²) >= 11 is 0. The molecule has 1 aromatic rings. The SMILES string of the molecule is Cc1cc(C)c(S(=O)(=O)N2CCC[C@H]2COCC(=O)N2CCC(N3CCCC3)CC2)c(C)c1. The van der Waals surface area contributed by atoms with E-state index < -0.39 is 10.0 Å². The van der Waals surface area contributed by atoms with Crippen molar-refractivity contribution in [1.29, 1.82) is 0 Å². The third-order valence-electron chi connectivity index (χ3n) is 7.50. The molecule has 1 amide bonds. The minimum absolute atomic E-state index is 0.0208. The van der Waals surface area contributed by atoms with Crippen LogP contribution in [-0.2, 0) is 19.6 Å². The number of hydrogen-bond donors (Lipinski definition) is 0. The van der Waals surface area contributed by atoms with Crippen LogP contribution in [0.15, 0.2) is 17.0 Å². The summed E-state index contributed by atoms with van der Waals surface area (Å²) < 4.78 is 34.3. The van der Waals surface area contributed by atoms with Gasteiger partial charge in [-0.25, -0.2) is 8.42 Å². The number of ether oxygens (including phenoxy) is 1. The minimum atomic E-state index is -3.60. The average Bonchev–Trinajstić information content (AvgIpc) is 3.45. The first-order chi connectivity index (χ1) is 15.8. The molecule has 3 heterocycles. The van der Waals surface area contributed by atoms with Crippen LogP contribution in [0.25, 0.3) is 0 Å². The number of piperidine rings is 1. The van der Waals surface area contributed by atoms with Crippen molar-refractivity contribution < 1.29 is 17.9 Å². The van der Waals surface area contributed by atoms with Crippen LogP contribution in [0.5, 0.6) is 0 Å². The largest absolute Gasteiger partial charge is 0.370 e. The van der Waals surface area contributed by atoms with E-state index >= 15 is 0 Å². The van der Waals surface area contributed by atoms with Gasteiger partial charge < -0.3 is 14.5 Å². The van der Waals surface area contributed by atoms with Gasteiger partial charge in [0.15, 0.2) is 0 Å². The van der Waals surface area contributed by atoms with Crippen molar-refractivity contribution in [2.75, 3.05) is 45.9 Å². The fourth-order valence-corrected chi connectivity index (χ4v) is 8.04. The van der Waals surface area contributed by atoms with E-state index in [9.17, 15) is 13.2 Å². The van der Waals surface area contributed by atoms with Crippen LogP contribution >= 0.6 is 0 Å². The number of rotatable bonds is 7. The summed E-state index contributed by atoms with van der Waals surface area (Å²) in [5.41, 5.74) is 2.63. The second-order valence-electron chi connectivity index (χ2n) is 10.0. The third-order valence-corrected chi connectivity index (χ3v) is 9.76. The van der Waals surface area contributed by atoms with Crippen molar-refractivity contribution >= 4 is 15.9 Å². The lowest BCUT2D eigenvalue weighted by atomic mass is 10.0. The molecule has 184 valence electrons. The second kappa shape index (κ2) is 10.4. The highest BCUT2D eigenvalue weighted by atomic mass is 32.2. The fraction of sp³-hybridized carbons (Fsp3) is 0.720. The summed E-state index contributed by atoms with van der Waals surface area (Å²) in [5, 5.41) is 0. The molecule has 0 bridgehead atoms. The number of likely N-dealkylation sites (tertiary alicyclic amines) is 2. The molecule has 0 unspecified atom stereocenters. The number of amides is 1. The van der Waals surface area contributed by atoms with Gasteiger partial charge in [-0.15, -0.1) is 0 Å². The van der Waals surface area contributed by atoms with Crippen LogP contribution in [0.3, 0.4) is 0 Å². The first kappa shape index (κ1) is 24.6. The smallest absolute Gasteiger partial charge is 0.248 e. The zero-order chi connectivity index (χ0) is 23.6. The maximum absolute atomic E-state index is 13.5. The second-order valence-corrected chi connectivity index (χ2v) is 11.8.